The quantitative estimate of drug-likeness (QED) is 0.348. The second-order valence-electron chi connectivity index (χ2n) is 7.08. The fourth-order valence-electron chi connectivity index (χ4n) is 3.29. The molecule has 0 aliphatic carbocycles. The molecule has 1 aliphatic rings. The number of rotatable bonds is 4. The number of hydrogen-bond acceptors (Lipinski definition) is 8. The van der Waals surface area contributed by atoms with Crippen LogP contribution >= 0.6 is 11.8 Å². The van der Waals surface area contributed by atoms with Crippen molar-refractivity contribution in [1.29, 1.82) is 0 Å². The summed E-state index contributed by atoms with van der Waals surface area (Å²) in [5.41, 5.74) is 3.28. The van der Waals surface area contributed by atoms with Crippen molar-refractivity contribution >= 4 is 22.7 Å². The van der Waals surface area contributed by atoms with Crippen LogP contribution in [-0.4, -0.2) is 16.8 Å². The highest BCUT2D eigenvalue weighted by atomic mass is 32.2. The minimum Gasteiger partial charge on any atom is -0.485 e. The van der Waals surface area contributed by atoms with E-state index in [1.54, 1.807) is 0 Å². The number of benzene rings is 2. The Labute approximate surface area is 176 Å². The highest BCUT2D eigenvalue weighted by Gasteiger charge is 2.27. The molecule has 3 heterocycles. The maximum Gasteiger partial charge on any atom is 0.336 e. The molecule has 0 bridgehead atoms. The largest absolute Gasteiger partial charge is 0.485 e. The van der Waals surface area contributed by atoms with E-state index in [0.717, 1.165) is 22.1 Å². The van der Waals surface area contributed by atoms with Crippen molar-refractivity contribution in [2.24, 2.45) is 0 Å². The molecule has 7 nitrogen and oxygen atoms in total. The predicted molar refractivity (Wildman–Crippen MR) is 111 cm³/mol. The zero-order valence-corrected chi connectivity index (χ0v) is 17.2. The maximum atomic E-state index is 12.0. The van der Waals surface area contributed by atoms with Crippen LogP contribution in [0.3, 0.4) is 0 Å². The molecule has 0 spiro atoms. The predicted octanol–water partition coefficient (Wildman–Crippen LogP) is 4.60. The van der Waals surface area contributed by atoms with Crippen LogP contribution in [0.25, 0.3) is 11.0 Å². The van der Waals surface area contributed by atoms with Gasteiger partial charge in [0.2, 0.25) is 6.10 Å². The van der Waals surface area contributed by atoms with E-state index in [1.165, 1.54) is 17.8 Å². The van der Waals surface area contributed by atoms with Crippen molar-refractivity contribution < 1.29 is 18.3 Å². The molecule has 2 aromatic heterocycles. The molecule has 1 atom stereocenters. The van der Waals surface area contributed by atoms with Crippen molar-refractivity contribution in [2.75, 3.05) is 6.61 Å². The van der Waals surface area contributed by atoms with Gasteiger partial charge in [-0.2, -0.15) is 0 Å². The summed E-state index contributed by atoms with van der Waals surface area (Å²) in [6, 6.07) is 12.9. The molecular weight excluding hydrogens is 404 g/mol. The first kappa shape index (κ1) is 18.7. The lowest BCUT2D eigenvalue weighted by Gasteiger charge is -2.23. The summed E-state index contributed by atoms with van der Waals surface area (Å²) in [5.74, 6) is 2.20. The van der Waals surface area contributed by atoms with Gasteiger partial charge in [-0.1, -0.05) is 23.9 Å². The van der Waals surface area contributed by atoms with E-state index >= 15 is 0 Å². The molecule has 30 heavy (non-hydrogen) atoms. The van der Waals surface area contributed by atoms with E-state index < -0.39 is 6.10 Å². The van der Waals surface area contributed by atoms with Gasteiger partial charge in [0.15, 0.2) is 11.5 Å². The minimum absolute atomic E-state index is 0.298. The summed E-state index contributed by atoms with van der Waals surface area (Å²) in [7, 11) is 0. The van der Waals surface area contributed by atoms with E-state index in [-0.39, 0.29) is 5.63 Å². The first-order valence-corrected chi connectivity index (χ1v) is 10.4. The van der Waals surface area contributed by atoms with Gasteiger partial charge in [-0.15, -0.1) is 10.2 Å². The van der Waals surface area contributed by atoms with E-state index in [0.29, 0.717) is 40.6 Å². The molecule has 0 saturated carbocycles. The molecular formula is C22H18N2O5S. The fraction of sp³-hybridized carbons (Fsp3) is 0.227. The molecule has 4 aromatic rings. The molecule has 1 aliphatic heterocycles. The van der Waals surface area contributed by atoms with E-state index in [4.69, 9.17) is 18.3 Å². The molecule has 0 amide bonds. The molecule has 2 aromatic carbocycles. The van der Waals surface area contributed by atoms with Crippen LogP contribution in [0, 0.1) is 13.8 Å². The lowest BCUT2D eigenvalue weighted by Crippen LogP contribution is -2.21. The van der Waals surface area contributed by atoms with Crippen LogP contribution in [0.2, 0.25) is 0 Å². The Morgan fingerprint density at radius 1 is 1.03 bits per heavy atom. The molecule has 5 rings (SSSR count). The van der Waals surface area contributed by atoms with Crippen molar-refractivity contribution in [2.45, 2.75) is 30.9 Å². The summed E-state index contributed by atoms with van der Waals surface area (Å²) >= 11 is 1.36. The number of fused-ring (bicyclic) bond motifs is 2. The van der Waals surface area contributed by atoms with Crippen molar-refractivity contribution in [1.82, 2.24) is 10.2 Å². The number of ether oxygens (including phenoxy) is 2. The molecule has 0 fully saturated rings. The zero-order chi connectivity index (χ0) is 20.7. The highest BCUT2D eigenvalue weighted by Crippen LogP contribution is 2.36. The van der Waals surface area contributed by atoms with Crippen LogP contribution in [-0.2, 0) is 5.75 Å². The second-order valence-corrected chi connectivity index (χ2v) is 8.01. The van der Waals surface area contributed by atoms with Gasteiger partial charge in [-0.05, 0) is 54.8 Å². The summed E-state index contributed by atoms with van der Waals surface area (Å²) in [5, 5.41) is 9.52. The monoisotopic (exact) mass is 422 g/mol. The summed E-state index contributed by atoms with van der Waals surface area (Å²) in [4.78, 5) is 12.0. The van der Waals surface area contributed by atoms with Gasteiger partial charge in [0, 0.05) is 17.2 Å². The van der Waals surface area contributed by atoms with E-state index in [9.17, 15) is 4.79 Å². The normalized spacial score (nSPS) is 15.5. The number of para-hydroxylation sites is 2. The third-order valence-corrected chi connectivity index (χ3v) is 5.87. The second kappa shape index (κ2) is 7.53. The van der Waals surface area contributed by atoms with Crippen LogP contribution in [0.4, 0.5) is 0 Å². The summed E-state index contributed by atoms with van der Waals surface area (Å²) < 4.78 is 22.7. The molecule has 0 N–H and O–H groups in total. The SMILES string of the molecule is Cc1cc2oc(=O)cc(CSc3nnc([C@H]4COc5ccccc5O4)o3)c2cc1C. The zero-order valence-electron chi connectivity index (χ0n) is 16.4. The summed E-state index contributed by atoms with van der Waals surface area (Å²) in [6.45, 7) is 4.32. The van der Waals surface area contributed by atoms with Crippen LogP contribution in [0.1, 0.15) is 28.7 Å². The van der Waals surface area contributed by atoms with Crippen molar-refractivity contribution in [3.63, 3.8) is 0 Å². The van der Waals surface area contributed by atoms with Crippen molar-refractivity contribution in [3.8, 4) is 11.5 Å². The smallest absolute Gasteiger partial charge is 0.336 e. The maximum absolute atomic E-state index is 12.0. The highest BCUT2D eigenvalue weighted by molar-refractivity contribution is 7.98. The fourth-order valence-corrected chi connectivity index (χ4v) is 4.05. The Morgan fingerprint density at radius 3 is 2.70 bits per heavy atom. The first-order valence-electron chi connectivity index (χ1n) is 9.45. The van der Waals surface area contributed by atoms with Gasteiger partial charge in [-0.25, -0.2) is 4.79 Å². The average Bonchev–Trinajstić information content (AvgIpc) is 3.22. The Morgan fingerprint density at radius 2 is 1.83 bits per heavy atom. The minimum atomic E-state index is -0.461. The van der Waals surface area contributed by atoms with Gasteiger partial charge in [0.25, 0.3) is 11.1 Å². The Kier molecular flexibility index (Phi) is 4.71. The number of aryl methyl sites for hydroxylation is 2. The molecule has 8 heteroatoms. The lowest BCUT2D eigenvalue weighted by molar-refractivity contribution is 0.0686. The van der Waals surface area contributed by atoms with Gasteiger partial charge in [-0.3, -0.25) is 0 Å². The number of aromatic nitrogens is 2. The standard InChI is InChI=1S/C22H18N2O5S/c1-12-7-15-14(9-20(25)28-18(15)8-13(12)2)11-30-22-24-23-21(29-22)19-10-26-16-5-3-4-6-17(16)27-19/h3-9,19H,10-11H2,1-2H3/t19-/m1/s1. The van der Waals surface area contributed by atoms with Gasteiger partial charge in [0.1, 0.15) is 12.2 Å². The summed E-state index contributed by atoms with van der Waals surface area (Å²) in [6.07, 6.45) is -0.461. The van der Waals surface area contributed by atoms with E-state index in [2.05, 4.69) is 10.2 Å². The van der Waals surface area contributed by atoms with E-state index in [1.807, 2.05) is 50.2 Å². The van der Waals surface area contributed by atoms with Crippen LogP contribution < -0.4 is 15.1 Å². The topological polar surface area (TPSA) is 87.6 Å². The molecule has 0 saturated heterocycles. The Hall–Kier alpha value is -3.26. The van der Waals surface area contributed by atoms with Crippen molar-refractivity contribution in [3.05, 3.63) is 75.5 Å². The van der Waals surface area contributed by atoms with Gasteiger partial charge >= 0.3 is 5.63 Å². The first-order chi connectivity index (χ1) is 14.6. The molecule has 0 radical (unpaired) electrons. The van der Waals surface area contributed by atoms with Crippen LogP contribution in [0.5, 0.6) is 11.5 Å². The number of hydrogen-bond donors (Lipinski definition) is 0. The Balaban J connectivity index is 1.34. The lowest BCUT2D eigenvalue weighted by atomic mass is 10.0. The molecule has 152 valence electrons. The van der Waals surface area contributed by atoms with Crippen LogP contribution in [0.15, 0.2) is 61.3 Å². The third kappa shape index (κ3) is 3.54. The number of nitrogens with zero attached hydrogens (tertiary/aromatic N) is 2. The molecule has 0 unspecified atom stereocenters. The average molecular weight is 422 g/mol. The van der Waals surface area contributed by atoms with Gasteiger partial charge in [0.05, 0.1) is 0 Å². The van der Waals surface area contributed by atoms with Gasteiger partial charge < -0.3 is 18.3 Å². The Bertz CT molecular complexity index is 1300. The number of thioether (sulfide) groups is 1. The third-order valence-electron chi connectivity index (χ3n) is 5.00.